The van der Waals surface area contributed by atoms with E-state index in [9.17, 15) is 9.59 Å². The monoisotopic (exact) mass is 426 g/mol. The number of hydrogen-bond acceptors (Lipinski definition) is 3. The lowest BCUT2D eigenvalue weighted by molar-refractivity contribution is -0.150. The number of ether oxygens (including phenoxy) is 1. The van der Waals surface area contributed by atoms with Gasteiger partial charge in [-0.05, 0) is 38.5 Å². The van der Waals surface area contributed by atoms with Crippen LogP contribution in [0.3, 0.4) is 0 Å². The Hall–Kier alpha value is -1.06. The summed E-state index contributed by atoms with van der Waals surface area (Å²) in [4.78, 5) is 22.8. The molecule has 0 spiro atoms. The van der Waals surface area contributed by atoms with Gasteiger partial charge in [0.05, 0.1) is 0 Å². The Bertz CT molecular complexity index is 394. The summed E-state index contributed by atoms with van der Waals surface area (Å²) in [6.07, 6.45) is 22.6. The van der Waals surface area contributed by atoms with Crippen LogP contribution < -0.4 is 0 Å². The first-order chi connectivity index (χ1) is 14.6. The Morgan fingerprint density at radius 1 is 0.600 bits per heavy atom. The van der Waals surface area contributed by atoms with E-state index in [2.05, 4.69) is 13.8 Å². The highest BCUT2D eigenvalue weighted by Crippen LogP contribution is 2.18. The van der Waals surface area contributed by atoms with Gasteiger partial charge in [-0.3, -0.25) is 9.59 Å². The van der Waals surface area contributed by atoms with Crippen LogP contribution in [-0.2, 0) is 14.3 Å². The van der Waals surface area contributed by atoms with Crippen molar-refractivity contribution in [2.75, 3.05) is 0 Å². The van der Waals surface area contributed by atoms with E-state index in [1.165, 1.54) is 57.8 Å². The molecule has 30 heavy (non-hydrogen) atoms. The van der Waals surface area contributed by atoms with Crippen molar-refractivity contribution >= 4 is 11.9 Å². The zero-order chi connectivity index (χ0) is 22.3. The van der Waals surface area contributed by atoms with E-state index in [0.29, 0.717) is 6.42 Å². The molecule has 178 valence electrons. The van der Waals surface area contributed by atoms with Crippen molar-refractivity contribution in [3.8, 4) is 0 Å². The second kappa shape index (κ2) is 22.6. The van der Waals surface area contributed by atoms with Crippen molar-refractivity contribution in [3.05, 3.63) is 0 Å². The highest BCUT2D eigenvalue weighted by atomic mass is 16.5. The van der Waals surface area contributed by atoms with Gasteiger partial charge in [0.1, 0.15) is 6.10 Å². The SMILES string of the molecule is CCCCCCCCC(=O)OC(CCCCCCCC)CCCCCCCC(=O)O. The smallest absolute Gasteiger partial charge is 0.306 e. The Balaban J connectivity index is 4.04. The molecular weight excluding hydrogens is 376 g/mol. The third-order valence-electron chi connectivity index (χ3n) is 5.83. The number of carbonyl (C=O) groups excluding carboxylic acids is 1. The van der Waals surface area contributed by atoms with Gasteiger partial charge in [0.2, 0.25) is 0 Å². The molecule has 0 saturated carbocycles. The molecule has 0 bridgehead atoms. The van der Waals surface area contributed by atoms with Gasteiger partial charge >= 0.3 is 11.9 Å². The van der Waals surface area contributed by atoms with E-state index < -0.39 is 5.97 Å². The summed E-state index contributed by atoms with van der Waals surface area (Å²) in [5.74, 6) is -0.714. The minimum atomic E-state index is -0.703. The van der Waals surface area contributed by atoms with Crippen LogP contribution >= 0.6 is 0 Å². The predicted octanol–water partition coefficient (Wildman–Crippen LogP) is 8.21. The molecule has 0 aliphatic carbocycles. The molecule has 0 radical (unpaired) electrons. The number of carboxylic acid groups (broad SMARTS) is 1. The average Bonchev–Trinajstić information content (AvgIpc) is 2.71. The van der Waals surface area contributed by atoms with E-state index in [1.807, 2.05) is 0 Å². The molecule has 4 nitrogen and oxygen atoms in total. The molecule has 0 aromatic rings. The van der Waals surface area contributed by atoms with Crippen molar-refractivity contribution in [2.24, 2.45) is 0 Å². The van der Waals surface area contributed by atoms with Crippen LogP contribution in [0.15, 0.2) is 0 Å². The summed E-state index contributed by atoms with van der Waals surface area (Å²) in [5, 5.41) is 8.69. The van der Waals surface area contributed by atoms with Gasteiger partial charge in [-0.15, -0.1) is 0 Å². The first kappa shape index (κ1) is 28.9. The molecule has 0 aromatic heterocycles. The number of carboxylic acids is 1. The predicted molar refractivity (Wildman–Crippen MR) is 126 cm³/mol. The third kappa shape index (κ3) is 21.6. The molecule has 0 aliphatic heterocycles. The highest BCUT2D eigenvalue weighted by Gasteiger charge is 2.14. The van der Waals surface area contributed by atoms with Gasteiger partial charge in [0.25, 0.3) is 0 Å². The molecular formula is C26H50O4. The topological polar surface area (TPSA) is 63.6 Å². The number of aliphatic carboxylic acids is 1. The lowest BCUT2D eigenvalue weighted by Crippen LogP contribution is -2.18. The van der Waals surface area contributed by atoms with Gasteiger partial charge < -0.3 is 9.84 Å². The third-order valence-corrected chi connectivity index (χ3v) is 5.83. The van der Waals surface area contributed by atoms with Crippen molar-refractivity contribution in [1.29, 1.82) is 0 Å². The zero-order valence-electron chi connectivity index (χ0n) is 20.1. The molecule has 0 amide bonds. The molecule has 0 saturated heterocycles. The van der Waals surface area contributed by atoms with Crippen LogP contribution in [-0.4, -0.2) is 23.1 Å². The van der Waals surface area contributed by atoms with Crippen LogP contribution in [0.2, 0.25) is 0 Å². The Labute approximate surface area is 186 Å². The van der Waals surface area contributed by atoms with E-state index in [0.717, 1.165) is 64.2 Å². The highest BCUT2D eigenvalue weighted by molar-refractivity contribution is 5.69. The first-order valence-corrected chi connectivity index (χ1v) is 13.0. The number of rotatable bonds is 23. The summed E-state index contributed by atoms with van der Waals surface area (Å²) >= 11 is 0. The fourth-order valence-corrected chi connectivity index (χ4v) is 3.89. The number of unbranched alkanes of at least 4 members (excludes halogenated alkanes) is 14. The minimum Gasteiger partial charge on any atom is -0.481 e. The quantitative estimate of drug-likeness (QED) is 0.132. The molecule has 0 fully saturated rings. The van der Waals surface area contributed by atoms with Crippen molar-refractivity contribution in [2.45, 2.75) is 155 Å². The van der Waals surface area contributed by atoms with Crippen molar-refractivity contribution in [1.82, 2.24) is 0 Å². The second-order valence-electron chi connectivity index (χ2n) is 8.89. The molecule has 1 N–H and O–H groups in total. The Kier molecular flexibility index (Phi) is 21.8. The normalized spacial score (nSPS) is 12.1. The average molecular weight is 427 g/mol. The molecule has 1 atom stereocenters. The second-order valence-corrected chi connectivity index (χ2v) is 8.89. The molecule has 0 heterocycles. The van der Waals surface area contributed by atoms with Crippen molar-refractivity contribution < 1.29 is 19.4 Å². The van der Waals surface area contributed by atoms with Crippen LogP contribution in [0.5, 0.6) is 0 Å². The van der Waals surface area contributed by atoms with Crippen molar-refractivity contribution in [3.63, 3.8) is 0 Å². The maximum absolute atomic E-state index is 12.3. The minimum absolute atomic E-state index is 0.0112. The van der Waals surface area contributed by atoms with Gasteiger partial charge in [-0.25, -0.2) is 0 Å². The lowest BCUT2D eigenvalue weighted by Gasteiger charge is -2.18. The first-order valence-electron chi connectivity index (χ1n) is 13.0. The van der Waals surface area contributed by atoms with E-state index in [1.54, 1.807) is 0 Å². The molecule has 0 rings (SSSR count). The fourth-order valence-electron chi connectivity index (χ4n) is 3.89. The number of esters is 1. The van der Waals surface area contributed by atoms with Crippen LogP contribution in [0.25, 0.3) is 0 Å². The summed E-state index contributed by atoms with van der Waals surface area (Å²) in [6.45, 7) is 4.46. The molecule has 0 aliphatic rings. The van der Waals surface area contributed by atoms with Crippen LogP contribution in [0, 0.1) is 0 Å². The summed E-state index contributed by atoms with van der Waals surface area (Å²) in [5.41, 5.74) is 0. The van der Waals surface area contributed by atoms with Gasteiger partial charge in [-0.2, -0.15) is 0 Å². The number of hydrogen-bond donors (Lipinski definition) is 1. The lowest BCUT2D eigenvalue weighted by atomic mass is 10.0. The van der Waals surface area contributed by atoms with E-state index in [4.69, 9.17) is 9.84 Å². The number of carbonyl (C=O) groups is 2. The van der Waals surface area contributed by atoms with Gasteiger partial charge in [0.15, 0.2) is 0 Å². The fraction of sp³-hybridized carbons (Fsp3) is 0.923. The maximum atomic E-state index is 12.3. The molecule has 0 aromatic carbocycles. The van der Waals surface area contributed by atoms with E-state index >= 15 is 0 Å². The van der Waals surface area contributed by atoms with Gasteiger partial charge in [-0.1, -0.05) is 97.3 Å². The van der Waals surface area contributed by atoms with E-state index in [-0.39, 0.29) is 18.5 Å². The van der Waals surface area contributed by atoms with Gasteiger partial charge in [0, 0.05) is 12.8 Å². The van der Waals surface area contributed by atoms with Crippen LogP contribution in [0.4, 0.5) is 0 Å². The zero-order valence-corrected chi connectivity index (χ0v) is 20.1. The molecule has 1 unspecified atom stereocenters. The summed E-state index contributed by atoms with van der Waals surface area (Å²) in [7, 11) is 0. The van der Waals surface area contributed by atoms with Crippen LogP contribution in [0.1, 0.15) is 149 Å². The summed E-state index contributed by atoms with van der Waals surface area (Å²) < 4.78 is 5.85. The summed E-state index contributed by atoms with van der Waals surface area (Å²) in [6, 6.07) is 0. The Morgan fingerprint density at radius 2 is 1.00 bits per heavy atom. The standard InChI is InChI=1S/C26H50O4/c1-3-5-7-9-12-16-20-24(21-17-13-11-14-18-22-25(27)28)30-26(29)23-19-15-10-8-6-4-2/h24H,3-23H2,1-2H3,(H,27,28). The molecule has 4 heteroatoms. The maximum Gasteiger partial charge on any atom is 0.306 e. The Morgan fingerprint density at radius 3 is 1.47 bits per heavy atom. The largest absolute Gasteiger partial charge is 0.481 e.